The van der Waals surface area contributed by atoms with E-state index in [0.29, 0.717) is 18.7 Å². The molecule has 0 bridgehead atoms. The highest BCUT2D eigenvalue weighted by Gasteiger charge is 2.18. The molecule has 0 heterocycles. The number of ether oxygens (including phenoxy) is 1. The zero-order valence-corrected chi connectivity index (χ0v) is 11.9. The van der Waals surface area contributed by atoms with Crippen LogP contribution in [-0.4, -0.2) is 35.2 Å². The second-order valence-corrected chi connectivity index (χ2v) is 5.63. The minimum atomic E-state index is -3.83. The molecule has 0 aliphatic heterocycles. The van der Waals surface area contributed by atoms with Crippen molar-refractivity contribution in [3.8, 4) is 0 Å². The standard InChI is InChI=1S/C12H19FN2O3S/c1-3-18-7-6-15-19(16,17)12-5-4-10(9-14-2)8-11(12)13/h4-5,8,14-15H,3,6-7,9H2,1-2H3. The van der Waals surface area contributed by atoms with Crippen molar-refractivity contribution in [1.82, 2.24) is 10.0 Å². The maximum Gasteiger partial charge on any atom is 0.243 e. The molecule has 0 aromatic heterocycles. The summed E-state index contributed by atoms with van der Waals surface area (Å²) in [6, 6.07) is 4.06. The third-order valence-electron chi connectivity index (χ3n) is 2.41. The van der Waals surface area contributed by atoms with Gasteiger partial charge in [0, 0.05) is 19.7 Å². The zero-order chi connectivity index (χ0) is 14.3. The molecule has 0 spiro atoms. The molecule has 0 amide bonds. The van der Waals surface area contributed by atoms with Gasteiger partial charge in [0.15, 0.2) is 0 Å². The lowest BCUT2D eigenvalue weighted by atomic mass is 10.2. The molecule has 1 aromatic carbocycles. The van der Waals surface area contributed by atoms with Crippen LogP contribution in [0.2, 0.25) is 0 Å². The molecule has 5 nitrogen and oxygen atoms in total. The Morgan fingerprint density at radius 2 is 2.11 bits per heavy atom. The summed E-state index contributed by atoms with van der Waals surface area (Å²) in [5.41, 5.74) is 0.688. The van der Waals surface area contributed by atoms with Crippen molar-refractivity contribution in [2.45, 2.75) is 18.4 Å². The van der Waals surface area contributed by atoms with Gasteiger partial charge in [-0.3, -0.25) is 0 Å². The monoisotopic (exact) mass is 290 g/mol. The van der Waals surface area contributed by atoms with E-state index in [2.05, 4.69) is 10.0 Å². The molecular weight excluding hydrogens is 271 g/mol. The van der Waals surface area contributed by atoms with Crippen molar-refractivity contribution in [3.05, 3.63) is 29.6 Å². The van der Waals surface area contributed by atoms with E-state index >= 15 is 0 Å². The molecule has 0 aliphatic rings. The van der Waals surface area contributed by atoms with E-state index < -0.39 is 15.8 Å². The first-order valence-electron chi connectivity index (χ1n) is 6.01. The van der Waals surface area contributed by atoms with Crippen LogP contribution in [0.15, 0.2) is 23.1 Å². The maximum absolute atomic E-state index is 13.8. The van der Waals surface area contributed by atoms with Crippen LogP contribution in [0.4, 0.5) is 4.39 Å². The Kier molecular flexibility index (Phi) is 6.36. The van der Waals surface area contributed by atoms with Gasteiger partial charge in [-0.2, -0.15) is 0 Å². The topological polar surface area (TPSA) is 67.4 Å². The second-order valence-electron chi connectivity index (χ2n) is 3.89. The summed E-state index contributed by atoms with van der Waals surface area (Å²) < 4.78 is 44.8. The molecule has 7 heteroatoms. The highest BCUT2D eigenvalue weighted by Crippen LogP contribution is 2.15. The van der Waals surface area contributed by atoms with Gasteiger partial charge in [0.2, 0.25) is 10.0 Å². The molecule has 19 heavy (non-hydrogen) atoms. The van der Waals surface area contributed by atoms with Gasteiger partial charge in [-0.15, -0.1) is 0 Å². The normalized spacial score (nSPS) is 11.7. The summed E-state index contributed by atoms with van der Waals surface area (Å²) in [5.74, 6) is -0.753. The van der Waals surface area contributed by atoms with E-state index in [1.54, 1.807) is 13.1 Å². The highest BCUT2D eigenvalue weighted by molar-refractivity contribution is 7.89. The number of benzene rings is 1. The molecule has 0 unspecified atom stereocenters. The Hall–Kier alpha value is -1.02. The summed E-state index contributed by atoms with van der Waals surface area (Å²) in [4.78, 5) is -0.344. The van der Waals surface area contributed by atoms with E-state index in [1.165, 1.54) is 12.1 Å². The minimum absolute atomic E-state index is 0.119. The molecule has 1 aromatic rings. The number of hydrogen-bond acceptors (Lipinski definition) is 4. The number of hydrogen-bond donors (Lipinski definition) is 2. The van der Waals surface area contributed by atoms with E-state index in [-0.39, 0.29) is 18.0 Å². The fourth-order valence-corrected chi connectivity index (χ4v) is 2.62. The Morgan fingerprint density at radius 1 is 1.37 bits per heavy atom. The summed E-state index contributed by atoms with van der Waals surface area (Å²) in [7, 11) is -2.09. The first kappa shape index (κ1) is 16.0. The molecule has 0 saturated heterocycles. The van der Waals surface area contributed by atoms with Crippen LogP contribution in [0.5, 0.6) is 0 Å². The Morgan fingerprint density at radius 3 is 2.68 bits per heavy atom. The van der Waals surface area contributed by atoms with Crippen LogP contribution in [0.3, 0.4) is 0 Å². The van der Waals surface area contributed by atoms with E-state index in [1.807, 2.05) is 6.92 Å². The van der Waals surface area contributed by atoms with Gasteiger partial charge in [0.25, 0.3) is 0 Å². The summed E-state index contributed by atoms with van der Waals surface area (Å²) in [5, 5.41) is 2.87. The largest absolute Gasteiger partial charge is 0.380 e. The number of sulfonamides is 1. The Labute approximate surface area is 113 Å². The smallest absolute Gasteiger partial charge is 0.243 e. The summed E-state index contributed by atoms with van der Waals surface area (Å²) in [6.45, 7) is 3.18. The highest BCUT2D eigenvalue weighted by atomic mass is 32.2. The van der Waals surface area contributed by atoms with Crippen molar-refractivity contribution in [2.24, 2.45) is 0 Å². The third kappa shape index (κ3) is 4.87. The minimum Gasteiger partial charge on any atom is -0.380 e. The average Bonchev–Trinajstić information content (AvgIpc) is 2.35. The van der Waals surface area contributed by atoms with Gasteiger partial charge >= 0.3 is 0 Å². The van der Waals surface area contributed by atoms with Gasteiger partial charge in [-0.25, -0.2) is 17.5 Å². The lowest BCUT2D eigenvalue weighted by molar-refractivity contribution is 0.153. The molecule has 0 radical (unpaired) electrons. The van der Waals surface area contributed by atoms with Crippen LogP contribution in [-0.2, 0) is 21.3 Å². The number of halogens is 1. The first-order chi connectivity index (χ1) is 9.01. The fourth-order valence-electron chi connectivity index (χ4n) is 1.55. The summed E-state index contributed by atoms with van der Waals surface area (Å²) >= 11 is 0. The maximum atomic E-state index is 13.8. The first-order valence-corrected chi connectivity index (χ1v) is 7.50. The second kappa shape index (κ2) is 7.54. The van der Waals surface area contributed by atoms with Crippen molar-refractivity contribution in [3.63, 3.8) is 0 Å². The van der Waals surface area contributed by atoms with Crippen molar-refractivity contribution in [2.75, 3.05) is 26.8 Å². The van der Waals surface area contributed by atoms with E-state index in [9.17, 15) is 12.8 Å². The van der Waals surface area contributed by atoms with E-state index in [4.69, 9.17) is 4.74 Å². The van der Waals surface area contributed by atoms with Gasteiger partial charge in [0.1, 0.15) is 10.7 Å². The molecular formula is C12H19FN2O3S. The van der Waals surface area contributed by atoms with Crippen LogP contribution in [0.25, 0.3) is 0 Å². The van der Waals surface area contributed by atoms with Crippen molar-refractivity contribution < 1.29 is 17.5 Å². The zero-order valence-electron chi connectivity index (χ0n) is 11.1. The summed E-state index contributed by atoms with van der Waals surface area (Å²) in [6.07, 6.45) is 0. The van der Waals surface area contributed by atoms with Gasteiger partial charge in [-0.1, -0.05) is 6.07 Å². The molecule has 108 valence electrons. The average molecular weight is 290 g/mol. The van der Waals surface area contributed by atoms with Gasteiger partial charge in [-0.05, 0) is 31.7 Å². The Bertz CT molecular complexity index is 506. The van der Waals surface area contributed by atoms with Crippen molar-refractivity contribution >= 4 is 10.0 Å². The SMILES string of the molecule is CCOCCNS(=O)(=O)c1ccc(CNC)cc1F. The van der Waals surface area contributed by atoms with Crippen LogP contribution in [0, 0.1) is 5.82 Å². The molecule has 0 saturated carbocycles. The van der Waals surface area contributed by atoms with Crippen molar-refractivity contribution in [1.29, 1.82) is 0 Å². The van der Waals surface area contributed by atoms with Gasteiger partial charge < -0.3 is 10.1 Å². The number of rotatable bonds is 8. The van der Waals surface area contributed by atoms with Gasteiger partial charge in [0.05, 0.1) is 6.61 Å². The van der Waals surface area contributed by atoms with Crippen LogP contribution in [0.1, 0.15) is 12.5 Å². The van der Waals surface area contributed by atoms with E-state index in [0.717, 1.165) is 0 Å². The molecule has 2 N–H and O–H groups in total. The lowest BCUT2D eigenvalue weighted by Gasteiger charge is -2.09. The predicted octanol–water partition coefficient (Wildman–Crippen LogP) is 0.860. The Balaban J connectivity index is 2.77. The van der Waals surface area contributed by atoms with Crippen LogP contribution >= 0.6 is 0 Å². The third-order valence-corrected chi connectivity index (χ3v) is 3.90. The molecule has 0 fully saturated rings. The molecule has 1 rings (SSSR count). The predicted molar refractivity (Wildman–Crippen MR) is 70.8 cm³/mol. The van der Waals surface area contributed by atoms with Crippen LogP contribution < -0.4 is 10.0 Å². The molecule has 0 aliphatic carbocycles. The lowest BCUT2D eigenvalue weighted by Crippen LogP contribution is -2.28. The fraction of sp³-hybridized carbons (Fsp3) is 0.500. The molecule has 0 atom stereocenters. The quantitative estimate of drug-likeness (QED) is 0.697. The number of nitrogens with one attached hydrogen (secondary N) is 2.